The van der Waals surface area contributed by atoms with Crippen LogP contribution in [0.25, 0.3) is 0 Å². The van der Waals surface area contributed by atoms with Crippen molar-refractivity contribution in [1.82, 2.24) is 14.9 Å². The number of rotatable bonds is 4. The van der Waals surface area contributed by atoms with E-state index < -0.39 is 10.0 Å². The molecule has 2 saturated heterocycles. The lowest BCUT2D eigenvalue weighted by atomic mass is 10.1. The summed E-state index contributed by atoms with van der Waals surface area (Å²) in [5.74, 6) is 0.585. The van der Waals surface area contributed by atoms with Gasteiger partial charge in [0, 0.05) is 25.7 Å². The predicted molar refractivity (Wildman–Crippen MR) is 59.2 cm³/mol. The second kappa shape index (κ2) is 4.37. The maximum atomic E-state index is 11.7. The lowest BCUT2D eigenvalue weighted by Crippen LogP contribution is -2.49. The summed E-state index contributed by atoms with van der Waals surface area (Å²) < 4.78 is 26.3. The Morgan fingerprint density at radius 3 is 2.67 bits per heavy atom. The van der Waals surface area contributed by atoms with Gasteiger partial charge in [-0.2, -0.15) is 0 Å². The summed E-state index contributed by atoms with van der Waals surface area (Å²) in [4.78, 5) is 2.15. The van der Waals surface area contributed by atoms with Crippen LogP contribution in [-0.4, -0.2) is 58.3 Å². The fourth-order valence-electron chi connectivity index (χ4n) is 2.11. The standard InChI is InChI=1S/C9H19N3O2S/c1-12-3-2-9(6-12)11-15(13,14)7-8-4-10-5-8/h8-11H,2-7H2,1H3. The molecule has 15 heavy (non-hydrogen) atoms. The molecule has 88 valence electrons. The highest BCUT2D eigenvalue weighted by atomic mass is 32.2. The summed E-state index contributed by atoms with van der Waals surface area (Å²) in [6.07, 6.45) is 0.929. The minimum Gasteiger partial charge on any atom is -0.316 e. The largest absolute Gasteiger partial charge is 0.316 e. The van der Waals surface area contributed by atoms with E-state index in [0.717, 1.165) is 32.6 Å². The molecule has 2 heterocycles. The molecule has 0 radical (unpaired) electrons. The van der Waals surface area contributed by atoms with Crippen LogP contribution in [0.4, 0.5) is 0 Å². The van der Waals surface area contributed by atoms with Crippen LogP contribution in [0.3, 0.4) is 0 Å². The van der Waals surface area contributed by atoms with Gasteiger partial charge in [-0.15, -0.1) is 0 Å². The van der Waals surface area contributed by atoms with Gasteiger partial charge < -0.3 is 10.2 Å². The molecule has 0 spiro atoms. The highest BCUT2D eigenvalue weighted by Gasteiger charge is 2.28. The Labute approximate surface area is 91.3 Å². The topological polar surface area (TPSA) is 61.4 Å². The van der Waals surface area contributed by atoms with E-state index in [1.54, 1.807) is 0 Å². The normalized spacial score (nSPS) is 29.3. The van der Waals surface area contributed by atoms with Crippen LogP contribution in [0.2, 0.25) is 0 Å². The van der Waals surface area contributed by atoms with Gasteiger partial charge >= 0.3 is 0 Å². The molecule has 0 bridgehead atoms. The number of hydrogen-bond donors (Lipinski definition) is 2. The molecule has 0 saturated carbocycles. The number of hydrogen-bond acceptors (Lipinski definition) is 4. The number of nitrogens with one attached hydrogen (secondary N) is 2. The number of likely N-dealkylation sites (tertiary alicyclic amines) is 1. The zero-order valence-electron chi connectivity index (χ0n) is 9.07. The molecule has 6 heteroatoms. The third-order valence-electron chi connectivity index (χ3n) is 3.06. The first-order valence-corrected chi connectivity index (χ1v) is 7.10. The smallest absolute Gasteiger partial charge is 0.212 e. The minimum absolute atomic E-state index is 0.119. The number of nitrogens with zero attached hydrogens (tertiary/aromatic N) is 1. The van der Waals surface area contributed by atoms with Crippen molar-refractivity contribution in [3.8, 4) is 0 Å². The van der Waals surface area contributed by atoms with Gasteiger partial charge in [-0.3, -0.25) is 0 Å². The van der Waals surface area contributed by atoms with Crippen molar-refractivity contribution >= 4 is 10.0 Å². The van der Waals surface area contributed by atoms with E-state index >= 15 is 0 Å². The van der Waals surface area contributed by atoms with Crippen molar-refractivity contribution < 1.29 is 8.42 Å². The Morgan fingerprint density at radius 1 is 1.47 bits per heavy atom. The van der Waals surface area contributed by atoms with Gasteiger partial charge in [0.15, 0.2) is 0 Å². The highest BCUT2D eigenvalue weighted by molar-refractivity contribution is 7.89. The van der Waals surface area contributed by atoms with Crippen molar-refractivity contribution in [2.75, 3.05) is 39.0 Å². The summed E-state index contributed by atoms with van der Waals surface area (Å²) in [5.41, 5.74) is 0. The minimum atomic E-state index is -3.07. The molecule has 0 aliphatic carbocycles. The number of likely N-dealkylation sites (N-methyl/N-ethyl adjacent to an activating group) is 1. The van der Waals surface area contributed by atoms with E-state index in [2.05, 4.69) is 14.9 Å². The molecule has 0 aromatic heterocycles. The van der Waals surface area contributed by atoms with Crippen molar-refractivity contribution in [2.24, 2.45) is 5.92 Å². The molecule has 2 aliphatic heterocycles. The van der Waals surface area contributed by atoms with Crippen molar-refractivity contribution in [3.63, 3.8) is 0 Å². The van der Waals surface area contributed by atoms with Gasteiger partial charge in [-0.05, 0) is 25.9 Å². The van der Waals surface area contributed by atoms with Crippen LogP contribution in [0.1, 0.15) is 6.42 Å². The SMILES string of the molecule is CN1CCC(NS(=O)(=O)CC2CNC2)C1. The average molecular weight is 233 g/mol. The second-order valence-electron chi connectivity index (χ2n) is 4.67. The van der Waals surface area contributed by atoms with E-state index in [4.69, 9.17) is 0 Å². The molecule has 2 N–H and O–H groups in total. The molecule has 5 nitrogen and oxygen atoms in total. The summed E-state index contributed by atoms with van der Waals surface area (Å²) in [6.45, 7) is 3.50. The van der Waals surface area contributed by atoms with Crippen LogP contribution in [0, 0.1) is 5.92 Å². The van der Waals surface area contributed by atoms with E-state index in [1.165, 1.54) is 0 Å². The zero-order chi connectivity index (χ0) is 10.9. The van der Waals surface area contributed by atoms with E-state index in [9.17, 15) is 8.42 Å². The van der Waals surface area contributed by atoms with Crippen LogP contribution < -0.4 is 10.0 Å². The zero-order valence-corrected chi connectivity index (χ0v) is 9.89. The average Bonchev–Trinajstić information content (AvgIpc) is 2.43. The maximum absolute atomic E-state index is 11.7. The lowest BCUT2D eigenvalue weighted by molar-refractivity contribution is 0.375. The van der Waals surface area contributed by atoms with Gasteiger partial charge in [0.1, 0.15) is 0 Å². The summed E-state index contributed by atoms with van der Waals surface area (Å²) in [7, 11) is -1.05. The maximum Gasteiger partial charge on any atom is 0.212 e. The Hall–Kier alpha value is -0.170. The monoisotopic (exact) mass is 233 g/mol. The molecule has 0 amide bonds. The Bertz CT molecular complexity index is 313. The van der Waals surface area contributed by atoms with Crippen molar-refractivity contribution in [1.29, 1.82) is 0 Å². The van der Waals surface area contributed by atoms with Crippen LogP contribution >= 0.6 is 0 Å². The van der Waals surface area contributed by atoms with E-state index in [-0.39, 0.29) is 11.8 Å². The third-order valence-corrected chi connectivity index (χ3v) is 4.66. The van der Waals surface area contributed by atoms with Gasteiger partial charge in [-0.25, -0.2) is 13.1 Å². The molecule has 2 fully saturated rings. The van der Waals surface area contributed by atoms with Crippen LogP contribution in [0.15, 0.2) is 0 Å². The first-order valence-electron chi connectivity index (χ1n) is 5.44. The third kappa shape index (κ3) is 3.14. The first kappa shape index (κ1) is 11.3. The molecule has 0 aromatic rings. The Balaban J connectivity index is 1.81. The number of sulfonamides is 1. The molecule has 1 unspecified atom stereocenters. The van der Waals surface area contributed by atoms with Gasteiger partial charge in [-0.1, -0.05) is 0 Å². The summed E-state index contributed by atoms with van der Waals surface area (Å²) in [6, 6.07) is 0.119. The summed E-state index contributed by atoms with van der Waals surface area (Å²) >= 11 is 0. The molecule has 0 aromatic carbocycles. The van der Waals surface area contributed by atoms with Crippen molar-refractivity contribution in [3.05, 3.63) is 0 Å². The lowest BCUT2D eigenvalue weighted by Gasteiger charge is -2.27. The van der Waals surface area contributed by atoms with Crippen LogP contribution in [-0.2, 0) is 10.0 Å². The fraction of sp³-hybridized carbons (Fsp3) is 1.00. The molecule has 2 aliphatic rings. The van der Waals surface area contributed by atoms with Gasteiger partial charge in [0.05, 0.1) is 5.75 Å². The quantitative estimate of drug-likeness (QED) is 0.642. The van der Waals surface area contributed by atoms with Crippen molar-refractivity contribution in [2.45, 2.75) is 12.5 Å². The molecule has 2 rings (SSSR count). The molecular formula is C9H19N3O2S. The van der Waals surface area contributed by atoms with Gasteiger partial charge in [0.25, 0.3) is 0 Å². The molecule has 1 atom stereocenters. The predicted octanol–water partition coefficient (Wildman–Crippen LogP) is -1.17. The fourth-order valence-corrected chi connectivity index (χ4v) is 3.76. The van der Waals surface area contributed by atoms with E-state index in [1.807, 2.05) is 7.05 Å². The van der Waals surface area contributed by atoms with Crippen LogP contribution in [0.5, 0.6) is 0 Å². The van der Waals surface area contributed by atoms with E-state index in [0.29, 0.717) is 5.92 Å². The Morgan fingerprint density at radius 2 is 2.20 bits per heavy atom. The second-order valence-corrected chi connectivity index (χ2v) is 6.47. The van der Waals surface area contributed by atoms with Gasteiger partial charge in [0.2, 0.25) is 10.0 Å². The first-order chi connectivity index (χ1) is 7.05. The summed E-state index contributed by atoms with van der Waals surface area (Å²) in [5, 5.41) is 3.08. The highest BCUT2D eigenvalue weighted by Crippen LogP contribution is 2.10. The molecular weight excluding hydrogens is 214 g/mol. The Kier molecular flexibility index (Phi) is 3.30.